The fraction of sp³-hybridized carbons (Fsp3) is 0.333. The molecule has 0 aliphatic carbocycles. The molecule has 1 heteroatoms. The van der Waals surface area contributed by atoms with Crippen molar-refractivity contribution in [1.82, 2.24) is 0 Å². The van der Waals surface area contributed by atoms with Gasteiger partial charge in [0.15, 0.2) is 0 Å². The van der Waals surface area contributed by atoms with Crippen LogP contribution in [0.5, 0.6) is 0 Å². The summed E-state index contributed by atoms with van der Waals surface area (Å²) in [4.78, 5) is 0. The third-order valence-corrected chi connectivity index (χ3v) is 3.12. The van der Waals surface area contributed by atoms with Gasteiger partial charge in [-0.1, -0.05) is 41.5 Å². The van der Waals surface area contributed by atoms with Gasteiger partial charge in [-0.15, -0.1) is 0 Å². The van der Waals surface area contributed by atoms with E-state index in [9.17, 15) is 0 Å². The number of hydrogen-bond acceptors (Lipinski definition) is 0. The summed E-state index contributed by atoms with van der Waals surface area (Å²) in [5, 5.41) is 0. The predicted octanol–water partition coefficient (Wildman–Crippen LogP) is 4.44. The molecule has 0 saturated heterocycles. The molecular weight excluding hydrogens is 241 g/mol. The molecular formula is C18H22Mg. The summed E-state index contributed by atoms with van der Waals surface area (Å²) in [5.41, 5.74) is 7.60. The Morgan fingerprint density at radius 2 is 0.895 bits per heavy atom. The van der Waals surface area contributed by atoms with E-state index in [0.717, 1.165) is 0 Å². The minimum atomic E-state index is 0. The second kappa shape index (κ2) is 8.39. The maximum Gasteiger partial charge on any atom is 2.00 e. The molecule has 2 aromatic rings. The molecule has 0 saturated carbocycles. The van der Waals surface area contributed by atoms with Crippen molar-refractivity contribution in [2.75, 3.05) is 0 Å². The topological polar surface area (TPSA) is 0 Å². The van der Waals surface area contributed by atoms with Gasteiger partial charge in [-0.25, -0.2) is 0 Å². The Labute approximate surface area is 134 Å². The molecule has 0 nitrogen and oxygen atoms in total. The van der Waals surface area contributed by atoms with Gasteiger partial charge in [0.25, 0.3) is 0 Å². The van der Waals surface area contributed by atoms with Gasteiger partial charge in [0.2, 0.25) is 0 Å². The van der Waals surface area contributed by atoms with Crippen molar-refractivity contribution in [3.63, 3.8) is 0 Å². The van der Waals surface area contributed by atoms with Crippen LogP contribution in [0.2, 0.25) is 0 Å². The zero-order valence-corrected chi connectivity index (χ0v) is 14.4. The standard InChI is InChI=1S/2C9H11.Mg/c2*1-7-4-5-8(2)9(3)6-7;/h2*4-5H,1-3H3;/q2*-1;+2. The van der Waals surface area contributed by atoms with Crippen LogP contribution in [0.3, 0.4) is 0 Å². The monoisotopic (exact) mass is 262 g/mol. The van der Waals surface area contributed by atoms with Crippen LogP contribution in [-0.2, 0) is 0 Å². The van der Waals surface area contributed by atoms with E-state index in [1.165, 1.54) is 33.4 Å². The molecule has 0 amide bonds. The molecule has 0 aliphatic heterocycles. The molecule has 0 radical (unpaired) electrons. The van der Waals surface area contributed by atoms with Gasteiger partial charge < -0.3 is 0 Å². The van der Waals surface area contributed by atoms with E-state index in [-0.39, 0.29) is 23.1 Å². The van der Waals surface area contributed by atoms with E-state index in [0.29, 0.717) is 0 Å². The molecule has 0 spiro atoms. The van der Waals surface area contributed by atoms with Crippen LogP contribution in [0, 0.1) is 53.7 Å². The predicted molar refractivity (Wildman–Crippen MR) is 84.7 cm³/mol. The van der Waals surface area contributed by atoms with Gasteiger partial charge in [0.1, 0.15) is 0 Å². The first-order valence-corrected chi connectivity index (χ1v) is 6.32. The largest absolute Gasteiger partial charge is 2.00 e. The molecule has 19 heavy (non-hydrogen) atoms. The maximum absolute atomic E-state index is 3.24. The summed E-state index contributed by atoms with van der Waals surface area (Å²) in [6.45, 7) is 12.5. The fourth-order valence-corrected chi connectivity index (χ4v) is 1.62. The van der Waals surface area contributed by atoms with Crippen LogP contribution in [0.1, 0.15) is 33.4 Å². The number of hydrogen-bond donors (Lipinski definition) is 0. The molecule has 0 fully saturated rings. The average Bonchev–Trinajstić information content (AvgIpc) is 2.30. The van der Waals surface area contributed by atoms with Gasteiger partial charge in [-0.2, -0.15) is 69.8 Å². The van der Waals surface area contributed by atoms with E-state index in [4.69, 9.17) is 0 Å². The summed E-state index contributed by atoms with van der Waals surface area (Å²) < 4.78 is 0. The van der Waals surface area contributed by atoms with Crippen LogP contribution < -0.4 is 0 Å². The molecule has 0 aromatic heterocycles. The Balaban J connectivity index is 0.000000324. The quantitative estimate of drug-likeness (QED) is 0.486. The molecule has 0 unspecified atom stereocenters. The van der Waals surface area contributed by atoms with Crippen molar-refractivity contribution in [3.8, 4) is 0 Å². The van der Waals surface area contributed by atoms with Crippen LogP contribution in [0.4, 0.5) is 0 Å². The Morgan fingerprint density at radius 1 is 0.579 bits per heavy atom. The van der Waals surface area contributed by atoms with Gasteiger partial charge in [-0.3, -0.25) is 0 Å². The number of rotatable bonds is 0. The first-order valence-electron chi connectivity index (χ1n) is 6.32. The molecule has 2 aromatic carbocycles. The smallest absolute Gasteiger partial charge is 0.177 e. The molecule has 2 rings (SSSR count). The van der Waals surface area contributed by atoms with Crippen molar-refractivity contribution < 1.29 is 0 Å². The van der Waals surface area contributed by atoms with Crippen LogP contribution >= 0.6 is 0 Å². The van der Waals surface area contributed by atoms with Crippen LogP contribution in [-0.4, -0.2) is 23.1 Å². The van der Waals surface area contributed by atoms with Crippen molar-refractivity contribution in [2.24, 2.45) is 0 Å². The Kier molecular flexibility index (Phi) is 8.04. The molecule has 0 aliphatic rings. The fourth-order valence-electron chi connectivity index (χ4n) is 1.62. The molecule has 0 N–H and O–H groups in total. The van der Waals surface area contributed by atoms with Crippen molar-refractivity contribution in [1.29, 1.82) is 0 Å². The van der Waals surface area contributed by atoms with Crippen molar-refractivity contribution in [3.05, 3.63) is 69.8 Å². The Bertz CT molecular complexity index is 478. The zero-order valence-electron chi connectivity index (χ0n) is 13.0. The molecule has 96 valence electrons. The summed E-state index contributed by atoms with van der Waals surface area (Å²) >= 11 is 0. The van der Waals surface area contributed by atoms with Gasteiger partial charge in [0, 0.05) is 0 Å². The average molecular weight is 263 g/mol. The molecule has 0 heterocycles. The summed E-state index contributed by atoms with van der Waals surface area (Å²) in [7, 11) is 0. The second-order valence-electron chi connectivity index (χ2n) is 4.90. The van der Waals surface area contributed by atoms with E-state index < -0.39 is 0 Å². The third kappa shape index (κ3) is 6.26. The minimum Gasteiger partial charge on any atom is -0.177 e. The van der Waals surface area contributed by atoms with Crippen molar-refractivity contribution >= 4 is 23.1 Å². The Hall–Kier alpha value is -0.794. The molecule has 0 bridgehead atoms. The first-order chi connectivity index (χ1) is 8.40. The maximum atomic E-state index is 3.24. The minimum absolute atomic E-state index is 0. The van der Waals surface area contributed by atoms with Gasteiger partial charge >= 0.3 is 23.1 Å². The van der Waals surface area contributed by atoms with Crippen LogP contribution in [0.25, 0.3) is 0 Å². The van der Waals surface area contributed by atoms with Crippen LogP contribution in [0.15, 0.2) is 24.3 Å². The van der Waals surface area contributed by atoms with E-state index in [1.807, 2.05) is 0 Å². The van der Waals surface area contributed by atoms with Crippen molar-refractivity contribution in [2.45, 2.75) is 41.5 Å². The van der Waals surface area contributed by atoms with E-state index in [2.05, 4.69) is 77.9 Å². The van der Waals surface area contributed by atoms with E-state index in [1.54, 1.807) is 0 Å². The SMILES string of the molecule is Cc1[c-]c(C)c(C)cc1.Cc1[c-]c(C)c(C)cc1.[Mg+2]. The summed E-state index contributed by atoms with van der Waals surface area (Å²) in [6, 6.07) is 14.9. The Morgan fingerprint density at radius 3 is 1.11 bits per heavy atom. The third-order valence-electron chi connectivity index (χ3n) is 3.12. The zero-order chi connectivity index (χ0) is 13.7. The first kappa shape index (κ1) is 18.2. The number of aryl methyl sites for hydroxylation is 6. The van der Waals surface area contributed by atoms with E-state index >= 15 is 0 Å². The molecule has 0 atom stereocenters. The summed E-state index contributed by atoms with van der Waals surface area (Å²) in [5.74, 6) is 0. The van der Waals surface area contributed by atoms with Gasteiger partial charge in [0.05, 0.1) is 0 Å². The number of benzene rings is 2. The normalized spacial score (nSPS) is 9.16. The second-order valence-corrected chi connectivity index (χ2v) is 4.90. The summed E-state index contributed by atoms with van der Waals surface area (Å²) in [6.07, 6.45) is 0. The van der Waals surface area contributed by atoms with Gasteiger partial charge in [-0.05, 0) is 0 Å².